The summed E-state index contributed by atoms with van der Waals surface area (Å²) in [7, 11) is -4.17. The molecule has 0 unspecified atom stereocenters. The van der Waals surface area contributed by atoms with E-state index in [0.717, 1.165) is 61.0 Å². The number of amides is 2. The molecule has 4 rings (SSSR count). The van der Waals surface area contributed by atoms with Crippen molar-refractivity contribution >= 4 is 21.6 Å². The Morgan fingerprint density at radius 2 is 1.83 bits per heavy atom. The first-order valence-electron chi connectivity index (χ1n) is 9.09. The fraction of sp³-hybridized carbons (Fsp3) is 0.471. The Hall–Kier alpha value is -2.47. The molecule has 0 spiro atoms. The van der Waals surface area contributed by atoms with Gasteiger partial charge in [0, 0.05) is 18.3 Å². The number of nitrogens with one attached hydrogen (secondary N) is 1. The molecule has 3 N–H and O–H groups in total. The predicted molar refractivity (Wildman–Crippen MR) is 98.4 cm³/mol. The molecule has 2 aliphatic rings. The number of urea groups is 1. The number of carbonyl (C=O) groups excluding carboxylic acids is 1. The average molecular weight is 428 g/mol. The first kappa shape index (κ1) is 19.8. The van der Waals surface area contributed by atoms with E-state index >= 15 is 0 Å². The Balaban J connectivity index is 1.68. The van der Waals surface area contributed by atoms with Crippen LogP contribution in [0.3, 0.4) is 0 Å². The zero-order chi connectivity index (χ0) is 21.0. The van der Waals surface area contributed by atoms with Crippen LogP contribution in [0.4, 0.5) is 23.7 Å². The van der Waals surface area contributed by atoms with Crippen molar-refractivity contribution in [3.05, 3.63) is 34.5 Å². The summed E-state index contributed by atoms with van der Waals surface area (Å²) < 4.78 is 56.6. The molecule has 2 aromatic heterocycles. The van der Waals surface area contributed by atoms with Crippen molar-refractivity contribution in [3.63, 3.8) is 0 Å². The second kappa shape index (κ2) is 6.80. The maximum atomic E-state index is 14.0. The number of aromatic nitrogens is 3. The Morgan fingerprint density at radius 1 is 1.24 bits per heavy atom. The number of hydrogen-bond acceptors (Lipinski definition) is 4. The molecule has 8 nitrogen and oxygen atoms in total. The van der Waals surface area contributed by atoms with Gasteiger partial charge in [0.1, 0.15) is 0 Å². The number of halogens is 3. The third-order valence-electron chi connectivity index (χ3n) is 5.02. The molecule has 0 fully saturated rings. The highest BCUT2D eigenvalue weighted by Crippen LogP contribution is 2.36. The minimum atomic E-state index is -4.17. The van der Waals surface area contributed by atoms with Gasteiger partial charge in [0.2, 0.25) is 5.03 Å². The second-order valence-corrected chi connectivity index (χ2v) is 8.91. The lowest BCUT2D eigenvalue weighted by atomic mass is 10.1. The quantitative estimate of drug-likeness (QED) is 0.782. The molecule has 2 heterocycles. The van der Waals surface area contributed by atoms with E-state index in [1.807, 2.05) is 0 Å². The summed E-state index contributed by atoms with van der Waals surface area (Å²) in [5.41, 5.74) is 4.27. The molecular weight excluding hydrogens is 409 g/mol. The van der Waals surface area contributed by atoms with Gasteiger partial charge in [-0.1, -0.05) is 0 Å². The van der Waals surface area contributed by atoms with Crippen LogP contribution in [0.5, 0.6) is 0 Å². The van der Waals surface area contributed by atoms with Crippen LogP contribution in [0.15, 0.2) is 15.6 Å². The first-order chi connectivity index (χ1) is 13.6. The van der Waals surface area contributed by atoms with Gasteiger partial charge in [-0.15, -0.1) is 4.36 Å². The molecule has 0 saturated heterocycles. The first-order valence-corrected chi connectivity index (χ1v) is 10.7. The van der Waals surface area contributed by atoms with Gasteiger partial charge < -0.3 is 5.32 Å². The molecule has 1 atom stereocenters. The lowest BCUT2D eigenvalue weighted by Gasteiger charge is -2.14. The van der Waals surface area contributed by atoms with Gasteiger partial charge >= 0.3 is 12.1 Å². The van der Waals surface area contributed by atoms with E-state index in [2.05, 4.69) is 19.8 Å². The number of fused-ring (bicyclic) bond motifs is 2. The number of nitrogens with zero attached hydrogens (tertiary/aromatic N) is 4. The maximum Gasteiger partial charge on any atom is 0.354 e. The molecule has 0 saturated carbocycles. The summed E-state index contributed by atoms with van der Waals surface area (Å²) in [6.45, 7) is 0.482. The van der Waals surface area contributed by atoms with Crippen LogP contribution < -0.4 is 10.5 Å². The van der Waals surface area contributed by atoms with Crippen LogP contribution in [0.2, 0.25) is 0 Å². The van der Waals surface area contributed by atoms with Gasteiger partial charge in [0.05, 0.1) is 11.9 Å². The van der Waals surface area contributed by atoms with Gasteiger partial charge in [0.15, 0.2) is 15.7 Å². The average Bonchev–Trinajstić information content (AvgIpc) is 3.31. The van der Waals surface area contributed by atoms with E-state index in [-0.39, 0.29) is 4.68 Å². The van der Waals surface area contributed by atoms with E-state index in [1.165, 1.54) is 0 Å². The monoisotopic (exact) mass is 428 g/mol. The third-order valence-corrected chi connectivity index (χ3v) is 6.29. The Bertz CT molecular complexity index is 1100. The lowest BCUT2D eigenvalue weighted by Crippen LogP contribution is -2.22. The Labute approximate surface area is 165 Å². The zero-order valence-electron chi connectivity index (χ0n) is 15.5. The van der Waals surface area contributed by atoms with Crippen molar-refractivity contribution in [1.29, 1.82) is 0 Å². The highest BCUT2D eigenvalue weighted by molar-refractivity contribution is 7.91. The molecule has 0 radical (unpaired) electrons. The minimum absolute atomic E-state index is 0.0137. The Morgan fingerprint density at radius 3 is 2.34 bits per heavy atom. The number of alkyl halides is 2. The van der Waals surface area contributed by atoms with Crippen molar-refractivity contribution < 1.29 is 22.2 Å². The van der Waals surface area contributed by atoms with Crippen LogP contribution >= 0.6 is 0 Å². The fourth-order valence-corrected chi connectivity index (χ4v) is 4.68. The van der Waals surface area contributed by atoms with E-state index in [1.54, 1.807) is 0 Å². The number of hydrogen-bond donors (Lipinski definition) is 2. The number of nitrogens with two attached hydrogens (primary N) is 1. The topological polar surface area (TPSA) is 115 Å². The molecular formula is C17H19F3N6O2S. The summed E-state index contributed by atoms with van der Waals surface area (Å²) in [5, 5.41) is 10.4. The molecule has 2 aliphatic carbocycles. The van der Waals surface area contributed by atoms with Crippen molar-refractivity contribution in [2.24, 2.45) is 9.50 Å². The third kappa shape index (κ3) is 3.62. The summed E-state index contributed by atoms with van der Waals surface area (Å²) >= 11 is 0. The van der Waals surface area contributed by atoms with E-state index in [0.29, 0.717) is 18.8 Å². The van der Waals surface area contributed by atoms with Crippen LogP contribution in [0, 0.1) is 5.82 Å². The number of carbonyl (C=O) groups is 1. The molecule has 0 bridgehead atoms. The van der Waals surface area contributed by atoms with Crippen molar-refractivity contribution in [3.8, 4) is 0 Å². The van der Waals surface area contributed by atoms with Crippen LogP contribution in [0.1, 0.15) is 42.3 Å². The maximum absolute atomic E-state index is 14.0. The van der Waals surface area contributed by atoms with Gasteiger partial charge in [-0.05, 0) is 49.7 Å². The Kier molecular flexibility index (Phi) is 4.65. The standard InChI is InChI=1S/C17H19F3N6O2S/c1-17(19,20)26-8-11(18)15(24-26)29(21,28)25-16(27)23-14-9-4-2-6-12(9)22-13-7-3-5-10(13)14/h8H,2-7H2,1H3,(H3,21,22,23,25,27,28)/t29-/m0/s1. The summed E-state index contributed by atoms with van der Waals surface area (Å²) in [4.78, 5) is 17.1. The molecule has 0 aromatic carbocycles. The normalized spacial score (nSPS) is 17.6. The molecule has 2 amide bonds. The largest absolute Gasteiger partial charge is 0.354 e. The van der Waals surface area contributed by atoms with Crippen LogP contribution in [0.25, 0.3) is 0 Å². The molecule has 0 aliphatic heterocycles. The predicted octanol–water partition coefficient (Wildman–Crippen LogP) is 2.90. The SMILES string of the molecule is CC(F)(F)n1cc(F)c([S@@](N)(=O)=NC(=O)Nc2c3c(nc4c2CCC4)CCC3)n1. The minimum Gasteiger partial charge on any atom is -0.305 e. The van der Waals surface area contributed by atoms with E-state index in [4.69, 9.17) is 5.14 Å². The second-order valence-electron chi connectivity index (χ2n) is 7.20. The van der Waals surface area contributed by atoms with Crippen molar-refractivity contribution in [1.82, 2.24) is 14.8 Å². The van der Waals surface area contributed by atoms with Gasteiger partial charge in [0.25, 0.3) is 0 Å². The highest BCUT2D eigenvalue weighted by Gasteiger charge is 2.31. The summed E-state index contributed by atoms with van der Waals surface area (Å²) in [6.07, 6.45) is 5.29. The van der Waals surface area contributed by atoms with E-state index in [9.17, 15) is 22.2 Å². The van der Waals surface area contributed by atoms with Crippen molar-refractivity contribution in [2.45, 2.75) is 56.5 Å². The summed E-state index contributed by atoms with van der Waals surface area (Å²) in [6, 6.07) is -4.58. The van der Waals surface area contributed by atoms with Crippen LogP contribution in [-0.2, 0) is 41.6 Å². The lowest BCUT2D eigenvalue weighted by molar-refractivity contribution is -0.0733. The van der Waals surface area contributed by atoms with Gasteiger partial charge in [-0.25, -0.2) is 23.2 Å². The van der Waals surface area contributed by atoms with Gasteiger partial charge in [-0.3, -0.25) is 4.98 Å². The molecule has 12 heteroatoms. The highest BCUT2D eigenvalue weighted by atomic mass is 32.2. The van der Waals surface area contributed by atoms with Gasteiger partial charge in [-0.2, -0.15) is 13.9 Å². The number of pyridine rings is 1. The molecule has 29 heavy (non-hydrogen) atoms. The van der Waals surface area contributed by atoms with E-state index < -0.39 is 32.8 Å². The fourth-order valence-electron chi connectivity index (χ4n) is 3.77. The van der Waals surface area contributed by atoms with Crippen LogP contribution in [-0.4, -0.2) is 25.0 Å². The van der Waals surface area contributed by atoms with Crippen molar-refractivity contribution in [2.75, 3.05) is 5.32 Å². The smallest absolute Gasteiger partial charge is 0.305 e. The number of aryl methyl sites for hydroxylation is 2. The summed E-state index contributed by atoms with van der Waals surface area (Å²) in [5.74, 6) is -1.33. The molecule has 2 aromatic rings. The number of anilines is 1. The molecule has 156 valence electrons. The zero-order valence-corrected chi connectivity index (χ0v) is 16.4. The number of rotatable bonds is 3.